The minimum absolute atomic E-state index is 0.288. The molecule has 0 radical (unpaired) electrons. The molecular formula is C21H27BrN2O3. The molecule has 0 fully saturated rings. The number of halogens is 1. The molecule has 27 heavy (non-hydrogen) atoms. The standard InChI is InChI=1S/C21H27BrN2O3/c1-6-9-27-18-10-13(4)24(26)14(5)19(18)21(25)23-20-15(7-2)11-17(22)12-16(20)8-3/h10-12H,6-9H2,1-5H3,(H,23,25). The van der Waals surface area contributed by atoms with E-state index in [4.69, 9.17) is 4.74 Å². The second-order valence-corrected chi connectivity index (χ2v) is 7.43. The maximum Gasteiger partial charge on any atom is 0.265 e. The Kier molecular flexibility index (Phi) is 7.25. The predicted octanol–water partition coefficient (Wildman–Crippen LogP) is 4.87. The van der Waals surface area contributed by atoms with Crippen LogP contribution in [0.25, 0.3) is 0 Å². The van der Waals surface area contributed by atoms with Gasteiger partial charge in [-0.2, -0.15) is 4.73 Å². The molecule has 1 N–H and O–H groups in total. The highest BCUT2D eigenvalue weighted by molar-refractivity contribution is 9.10. The lowest BCUT2D eigenvalue weighted by Gasteiger charge is -2.18. The van der Waals surface area contributed by atoms with Gasteiger partial charge in [0, 0.05) is 30.1 Å². The maximum atomic E-state index is 13.1. The van der Waals surface area contributed by atoms with E-state index in [1.165, 1.54) is 0 Å². The molecule has 1 aromatic heterocycles. The first kappa shape index (κ1) is 21.2. The van der Waals surface area contributed by atoms with Crippen molar-refractivity contribution in [3.8, 4) is 5.75 Å². The van der Waals surface area contributed by atoms with Gasteiger partial charge >= 0.3 is 0 Å². The van der Waals surface area contributed by atoms with Crippen LogP contribution in [0.3, 0.4) is 0 Å². The molecule has 0 saturated heterocycles. The Morgan fingerprint density at radius 2 is 1.74 bits per heavy atom. The number of aromatic nitrogens is 1. The van der Waals surface area contributed by atoms with Crippen LogP contribution in [0.2, 0.25) is 0 Å². The van der Waals surface area contributed by atoms with Crippen molar-refractivity contribution in [2.75, 3.05) is 11.9 Å². The van der Waals surface area contributed by atoms with Gasteiger partial charge in [-0.05, 0) is 42.5 Å². The molecule has 0 bridgehead atoms. The first-order chi connectivity index (χ1) is 12.8. The number of anilines is 1. The Morgan fingerprint density at radius 3 is 2.26 bits per heavy atom. The number of carbonyl (C=O) groups is 1. The van der Waals surface area contributed by atoms with E-state index in [1.54, 1.807) is 19.9 Å². The molecule has 0 atom stereocenters. The molecule has 2 aromatic rings. The Bertz CT molecular complexity index is 825. The van der Waals surface area contributed by atoms with Crippen LogP contribution in [0, 0.1) is 19.1 Å². The number of hydrogen-bond acceptors (Lipinski definition) is 3. The molecule has 1 amide bonds. The van der Waals surface area contributed by atoms with Gasteiger partial charge in [0.2, 0.25) is 5.69 Å². The normalized spacial score (nSPS) is 10.7. The van der Waals surface area contributed by atoms with Crippen LogP contribution in [-0.2, 0) is 12.8 Å². The monoisotopic (exact) mass is 434 g/mol. The molecule has 0 spiro atoms. The van der Waals surface area contributed by atoms with E-state index in [9.17, 15) is 10.0 Å². The fourth-order valence-corrected chi connectivity index (χ4v) is 3.64. The average Bonchev–Trinajstić information content (AvgIpc) is 2.65. The highest BCUT2D eigenvalue weighted by Crippen LogP contribution is 2.29. The molecule has 1 aromatic carbocycles. The molecular weight excluding hydrogens is 408 g/mol. The first-order valence-corrected chi connectivity index (χ1v) is 10.1. The van der Waals surface area contributed by atoms with Crippen LogP contribution in [0.15, 0.2) is 22.7 Å². The third-order valence-electron chi connectivity index (χ3n) is 4.53. The lowest BCUT2D eigenvalue weighted by Crippen LogP contribution is -2.37. The molecule has 5 nitrogen and oxygen atoms in total. The smallest absolute Gasteiger partial charge is 0.265 e. The van der Waals surface area contributed by atoms with Crippen LogP contribution < -0.4 is 14.8 Å². The Morgan fingerprint density at radius 1 is 1.15 bits per heavy atom. The van der Waals surface area contributed by atoms with Gasteiger partial charge in [-0.1, -0.05) is 36.7 Å². The topological polar surface area (TPSA) is 65.3 Å². The summed E-state index contributed by atoms with van der Waals surface area (Å²) in [4.78, 5) is 13.1. The van der Waals surface area contributed by atoms with Crippen LogP contribution in [0.1, 0.15) is 60.1 Å². The van der Waals surface area contributed by atoms with Crippen molar-refractivity contribution >= 4 is 27.5 Å². The third kappa shape index (κ3) is 4.61. The number of carbonyl (C=O) groups excluding carboxylic acids is 1. The number of hydrogen-bond donors (Lipinski definition) is 1. The molecule has 6 heteroatoms. The SMILES string of the molecule is CCCOc1cc(C)[n+]([O-])c(C)c1C(=O)Nc1c(CC)cc(Br)cc1CC. The molecule has 0 aliphatic heterocycles. The number of amides is 1. The zero-order valence-electron chi connectivity index (χ0n) is 16.6. The van der Waals surface area contributed by atoms with E-state index in [-0.39, 0.29) is 11.5 Å². The molecule has 146 valence electrons. The highest BCUT2D eigenvalue weighted by Gasteiger charge is 2.25. The summed E-state index contributed by atoms with van der Waals surface area (Å²) in [7, 11) is 0. The average molecular weight is 435 g/mol. The fraction of sp³-hybridized carbons (Fsp3) is 0.429. The minimum atomic E-state index is -0.324. The van der Waals surface area contributed by atoms with Crippen molar-refractivity contribution in [2.24, 2.45) is 0 Å². The summed E-state index contributed by atoms with van der Waals surface area (Å²) < 4.78 is 7.54. The largest absolute Gasteiger partial charge is 0.618 e. The summed E-state index contributed by atoms with van der Waals surface area (Å²) in [5.41, 5.74) is 4.04. The number of ether oxygens (including phenoxy) is 1. The van der Waals surface area contributed by atoms with E-state index in [0.717, 1.165) is 45.3 Å². The van der Waals surface area contributed by atoms with Crippen LogP contribution in [0.5, 0.6) is 5.75 Å². The number of nitrogens with zero attached hydrogens (tertiary/aromatic N) is 1. The molecule has 0 unspecified atom stereocenters. The summed E-state index contributed by atoms with van der Waals surface area (Å²) in [6.07, 6.45) is 2.39. The predicted molar refractivity (Wildman–Crippen MR) is 112 cm³/mol. The van der Waals surface area contributed by atoms with Crippen molar-refractivity contribution in [2.45, 2.75) is 53.9 Å². The number of nitrogens with one attached hydrogen (secondary N) is 1. The summed E-state index contributed by atoms with van der Waals surface area (Å²) in [6.45, 7) is 9.95. The third-order valence-corrected chi connectivity index (χ3v) is 4.99. The van der Waals surface area contributed by atoms with Gasteiger partial charge in [0.25, 0.3) is 5.91 Å². The molecule has 2 rings (SSSR count). The summed E-state index contributed by atoms with van der Waals surface area (Å²) >= 11 is 3.53. The zero-order valence-corrected chi connectivity index (χ0v) is 18.2. The van der Waals surface area contributed by atoms with Crippen molar-refractivity contribution in [3.63, 3.8) is 0 Å². The lowest BCUT2D eigenvalue weighted by molar-refractivity contribution is -0.619. The van der Waals surface area contributed by atoms with Gasteiger partial charge in [-0.25, -0.2) is 0 Å². The second kappa shape index (κ2) is 9.22. The summed E-state index contributed by atoms with van der Waals surface area (Å²) in [5, 5.41) is 15.4. The number of aryl methyl sites for hydroxylation is 3. The van der Waals surface area contributed by atoms with E-state index >= 15 is 0 Å². The van der Waals surface area contributed by atoms with Gasteiger partial charge in [-0.15, -0.1) is 0 Å². The van der Waals surface area contributed by atoms with Gasteiger partial charge in [0.05, 0.1) is 6.61 Å². The van der Waals surface area contributed by atoms with Crippen molar-refractivity contribution in [1.82, 2.24) is 0 Å². The second-order valence-electron chi connectivity index (χ2n) is 6.51. The Balaban J connectivity index is 2.52. The minimum Gasteiger partial charge on any atom is -0.618 e. The summed E-state index contributed by atoms with van der Waals surface area (Å²) in [6, 6.07) is 5.66. The summed E-state index contributed by atoms with van der Waals surface area (Å²) in [5.74, 6) is 0.125. The quantitative estimate of drug-likeness (QED) is 0.499. The lowest BCUT2D eigenvalue weighted by atomic mass is 10.0. The molecule has 0 aliphatic carbocycles. The molecule has 0 saturated carbocycles. The van der Waals surface area contributed by atoms with Crippen LogP contribution in [0.4, 0.5) is 5.69 Å². The van der Waals surface area contributed by atoms with E-state index in [0.29, 0.717) is 23.7 Å². The Hall–Kier alpha value is -2.08. The molecule has 1 heterocycles. The Labute approximate surface area is 169 Å². The van der Waals surface area contributed by atoms with E-state index in [2.05, 4.69) is 35.1 Å². The molecule has 0 aliphatic rings. The highest BCUT2D eigenvalue weighted by atomic mass is 79.9. The van der Waals surface area contributed by atoms with Crippen molar-refractivity contribution in [1.29, 1.82) is 0 Å². The van der Waals surface area contributed by atoms with E-state index in [1.807, 2.05) is 19.1 Å². The van der Waals surface area contributed by atoms with Gasteiger partial charge < -0.3 is 15.3 Å². The first-order valence-electron chi connectivity index (χ1n) is 9.33. The van der Waals surface area contributed by atoms with Gasteiger partial charge in [-0.3, -0.25) is 4.79 Å². The van der Waals surface area contributed by atoms with Crippen molar-refractivity contribution < 1.29 is 14.3 Å². The van der Waals surface area contributed by atoms with Crippen LogP contribution >= 0.6 is 15.9 Å². The van der Waals surface area contributed by atoms with Gasteiger partial charge in [0.1, 0.15) is 11.3 Å². The zero-order chi connectivity index (χ0) is 20.1. The van der Waals surface area contributed by atoms with Crippen LogP contribution in [-0.4, -0.2) is 12.5 Å². The van der Waals surface area contributed by atoms with Crippen molar-refractivity contribution in [3.05, 3.63) is 56.0 Å². The number of pyridine rings is 1. The number of benzene rings is 1. The fourth-order valence-electron chi connectivity index (χ4n) is 3.09. The number of rotatable bonds is 7. The van der Waals surface area contributed by atoms with Gasteiger partial charge in [0.15, 0.2) is 5.69 Å². The van der Waals surface area contributed by atoms with E-state index < -0.39 is 0 Å². The maximum absolute atomic E-state index is 13.1.